The maximum absolute atomic E-state index is 11.8. The second-order valence-electron chi connectivity index (χ2n) is 4.73. The molecule has 1 saturated carbocycles. The van der Waals surface area contributed by atoms with Crippen molar-refractivity contribution in [3.63, 3.8) is 0 Å². The average Bonchev–Trinajstić information content (AvgIpc) is 2.69. The molecule has 1 aliphatic carbocycles. The van der Waals surface area contributed by atoms with Crippen LogP contribution in [0, 0.1) is 5.92 Å². The second-order valence-corrected chi connectivity index (χ2v) is 4.73. The van der Waals surface area contributed by atoms with E-state index < -0.39 is 25.2 Å². The average molecular weight is 281 g/mol. The van der Waals surface area contributed by atoms with Crippen LogP contribution in [0.2, 0.25) is 0 Å². The molecule has 0 aliphatic heterocycles. The van der Waals surface area contributed by atoms with Crippen LogP contribution in [-0.2, 0) is 9.59 Å². The molecule has 0 unspecified atom stereocenters. The van der Waals surface area contributed by atoms with E-state index in [1.54, 1.807) is 5.32 Å². The molecule has 4 N–H and O–H groups in total. The number of amides is 2. The molecular formula is C11H18F3N3O2. The Morgan fingerprint density at radius 1 is 1.16 bits per heavy atom. The highest BCUT2D eigenvalue weighted by Crippen LogP contribution is 2.26. The monoisotopic (exact) mass is 281 g/mol. The number of nitrogens with one attached hydrogen (secondary N) is 2. The summed E-state index contributed by atoms with van der Waals surface area (Å²) in [6.45, 7) is -1.84. The summed E-state index contributed by atoms with van der Waals surface area (Å²) in [5.74, 6) is -1.12. The van der Waals surface area contributed by atoms with Crippen molar-refractivity contribution in [3.8, 4) is 0 Å². The molecule has 1 aliphatic rings. The Bertz CT molecular complexity index is 334. The van der Waals surface area contributed by atoms with Gasteiger partial charge in [0.25, 0.3) is 0 Å². The highest BCUT2D eigenvalue weighted by Gasteiger charge is 2.28. The minimum Gasteiger partial charge on any atom is -0.347 e. The first kappa shape index (κ1) is 15.7. The molecule has 0 bridgehead atoms. The van der Waals surface area contributed by atoms with Gasteiger partial charge >= 0.3 is 6.18 Å². The molecule has 2 amide bonds. The van der Waals surface area contributed by atoms with Gasteiger partial charge in [0.05, 0.1) is 6.54 Å². The molecule has 110 valence electrons. The molecule has 8 heteroatoms. The summed E-state index contributed by atoms with van der Waals surface area (Å²) in [5.41, 5.74) is 5.79. The third kappa shape index (κ3) is 6.42. The minimum absolute atomic E-state index is 0.00944. The smallest absolute Gasteiger partial charge is 0.347 e. The zero-order valence-electron chi connectivity index (χ0n) is 10.4. The molecule has 0 heterocycles. The van der Waals surface area contributed by atoms with Crippen LogP contribution in [-0.4, -0.2) is 37.1 Å². The van der Waals surface area contributed by atoms with Crippen molar-refractivity contribution in [2.75, 3.05) is 13.1 Å². The summed E-state index contributed by atoms with van der Waals surface area (Å²) in [6, 6.07) is -0.00944. The fraction of sp³-hybridized carbons (Fsp3) is 0.818. The molecule has 0 spiro atoms. The summed E-state index contributed by atoms with van der Waals surface area (Å²) >= 11 is 0. The summed E-state index contributed by atoms with van der Waals surface area (Å²) < 4.78 is 35.4. The topological polar surface area (TPSA) is 84.2 Å². The number of carbonyl (C=O) groups excluding carboxylic acids is 2. The van der Waals surface area contributed by atoms with E-state index >= 15 is 0 Å². The number of nitrogens with two attached hydrogens (primary N) is 1. The molecule has 0 aromatic rings. The SMILES string of the molecule is N[C@@H]1CCC[C@H]1CC(=O)NCC(=O)NCC(F)(F)F. The molecule has 19 heavy (non-hydrogen) atoms. The van der Waals surface area contributed by atoms with E-state index in [0.717, 1.165) is 19.3 Å². The van der Waals surface area contributed by atoms with Crippen molar-refractivity contribution in [3.05, 3.63) is 0 Å². The number of hydrogen-bond acceptors (Lipinski definition) is 3. The lowest BCUT2D eigenvalue weighted by molar-refractivity contribution is -0.138. The van der Waals surface area contributed by atoms with Crippen molar-refractivity contribution in [2.45, 2.75) is 37.9 Å². The van der Waals surface area contributed by atoms with E-state index in [2.05, 4.69) is 5.32 Å². The van der Waals surface area contributed by atoms with Gasteiger partial charge in [-0.2, -0.15) is 13.2 Å². The molecule has 5 nitrogen and oxygen atoms in total. The number of carbonyl (C=O) groups is 2. The fourth-order valence-corrected chi connectivity index (χ4v) is 2.07. The zero-order valence-corrected chi connectivity index (χ0v) is 10.4. The van der Waals surface area contributed by atoms with E-state index in [0.29, 0.717) is 0 Å². The Morgan fingerprint density at radius 2 is 1.84 bits per heavy atom. The van der Waals surface area contributed by atoms with Crippen LogP contribution in [0.15, 0.2) is 0 Å². The lowest BCUT2D eigenvalue weighted by Gasteiger charge is -2.14. The van der Waals surface area contributed by atoms with Crippen molar-refractivity contribution in [1.82, 2.24) is 10.6 Å². The van der Waals surface area contributed by atoms with Crippen molar-refractivity contribution in [1.29, 1.82) is 0 Å². The predicted octanol–water partition coefficient (Wildman–Crippen LogP) is 0.299. The lowest BCUT2D eigenvalue weighted by Crippen LogP contribution is -2.41. The molecular weight excluding hydrogens is 263 g/mol. The highest BCUT2D eigenvalue weighted by atomic mass is 19.4. The lowest BCUT2D eigenvalue weighted by atomic mass is 10.00. The Hall–Kier alpha value is -1.31. The van der Waals surface area contributed by atoms with Gasteiger partial charge in [0.2, 0.25) is 11.8 Å². The first-order valence-corrected chi connectivity index (χ1v) is 6.13. The van der Waals surface area contributed by atoms with E-state index in [9.17, 15) is 22.8 Å². The normalized spacial score (nSPS) is 23.2. The Balaban J connectivity index is 2.17. The van der Waals surface area contributed by atoms with Crippen LogP contribution in [0.1, 0.15) is 25.7 Å². The Kier molecular flexibility index (Phi) is 5.59. The fourth-order valence-electron chi connectivity index (χ4n) is 2.07. The van der Waals surface area contributed by atoms with Crippen LogP contribution >= 0.6 is 0 Å². The number of alkyl halides is 3. The standard InChI is InChI=1S/C11H18F3N3O2/c12-11(13,14)6-17-10(19)5-16-9(18)4-7-2-1-3-8(7)15/h7-8H,1-6,15H2,(H,16,18)(H,17,19)/t7-,8+/m0/s1. The molecule has 1 fully saturated rings. The van der Waals surface area contributed by atoms with Crippen molar-refractivity contribution >= 4 is 11.8 Å². The first-order chi connectivity index (χ1) is 8.78. The summed E-state index contributed by atoms with van der Waals surface area (Å²) in [7, 11) is 0. The quantitative estimate of drug-likeness (QED) is 0.677. The third-order valence-electron chi connectivity index (χ3n) is 3.10. The number of halogens is 3. The number of rotatable bonds is 5. The maximum atomic E-state index is 11.8. The molecule has 0 radical (unpaired) electrons. The number of hydrogen-bond donors (Lipinski definition) is 3. The Morgan fingerprint density at radius 3 is 2.37 bits per heavy atom. The molecule has 0 saturated heterocycles. The van der Waals surface area contributed by atoms with Gasteiger partial charge < -0.3 is 16.4 Å². The summed E-state index contributed by atoms with van der Waals surface area (Å²) in [4.78, 5) is 22.5. The van der Waals surface area contributed by atoms with Crippen LogP contribution in [0.3, 0.4) is 0 Å². The van der Waals surface area contributed by atoms with Gasteiger partial charge in [-0.05, 0) is 18.8 Å². The van der Waals surface area contributed by atoms with Crippen LogP contribution in [0.25, 0.3) is 0 Å². The second kappa shape index (κ2) is 6.74. The van der Waals surface area contributed by atoms with Gasteiger partial charge in [-0.3, -0.25) is 9.59 Å². The maximum Gasteiger partial charge on any atom is 0.405 e. The van der Waals surface area contributed by atoms with Crippen molar-refractivity contribution < 1.29 is 22.8 Å². The highest BCUT2D eigenvalue weighted by molar-refractivity contribution is 5.84. The van der Waals surface area contributed by atoms with E-state index in [-0.39, 0.29) is 24.3 Å². The third-order valence-corrected chi connectivity index (χ3v) is 3.10. The van der Waals surface area contributed by atoms with Crippen molar-refractivity contribution in [2.24, 2.45) is 11.7 Å². The molecule has 1 rings (SSSR count). The van der Waals surface area contributed by atoms with E-state index in [1.807, 2.05) is 0 Å². The molecule has 2 atom stereocenters. The van der Waals surface area contributed by atoms with Gasteiger partial charge in [-0.15, -0.1) is 0 Å². The van der Waals surface area contributed by atoms with E-state index in [1.165, 1.54) is 0 Å². The van der Waals surface area contributed by atoms with Gasteiger partial charge in [-0.25, -0.2) is 0 Å². The van der Waals surface area contributed by atoms with Crippen LogP contribution in [0.4, 0.5) is 13.2 Å². The van der Waals surface area contributed by atoms with Gasteiger partial charge in [0.1, 0.15) is 6.54 Å². The Labute approximate surface area is 109 Å². The first-order valence-electron chi connectivity index (χ1n) is 6.13. The molecule has 0 aromatic heterocycles. The largest absolute Gasteiger partial charge is 0.405 e. The van der Waals surface area contributed by atoms with E-state index in [4.69, 9.17) is 5.73 Å². The van der Waals surface area contributed by atoms with Gasteiger partial charge in [0, 0.05) is 12.5 Å². The zero-order chi connectivity index (χ0) is 14.5. The van der Waals surface area contributed by atoms with Gasteiger partial charge in [-0.1, -0.05) is 6.42 Å². The van der Waals surface area contributed by atoms with Gasteiger partial charge in [0.15, 0.2) is 0 Å². The summed E-state index contributed by atoms with van der Waals surface area (Å²) in [6.07, 6.45) is -1.51. The summed E-state index contributed by atoms with van der Waals surface area (Å²) in [5, 5.41) is 3.97. The predicted molar refractivity (Wildman–Crippen MR) is 62.0 cm³/mol. The molecule has 0 aromatic carbocycles. The van der Waals surface area contributed by atoms with Crippen LogP contribution < -0.4 is 16.4 Å². The van der Waals surface area contributed by atoms with Crippen LogP contribution in [0.5, 0.6) is 0 Å². The minimum atomic E-state index is -4.45.